The largest absolute Gasteiger partial charge is 0.367 e. The standard InChI is InChI=1S/C23H26BrN3O3/c1-17(2)14-27(22(28)16-29-15-18-6-4-3-5-7-18)13-12-21-25-23(26-30-21)19-8-10-20(24)11-9-19/h3-11,17H,12-16H2,1-2H3. The zero-order valence-electron chi connectivity index (χ0n) is 17.3. The molecule has 0 aliphatic rings. The van der Waals surface area contributed by atoms with Crippen LogP contribution in [0.2, 0.25) is 0 Å². The van der Waals surface area contributed by atoms with Crippen molar-refractivity contribution in [2.24, 2.45) is 5.92 Å². The number of carbonyl (C=O) groups is 1. The molecule has 6 nitrogen and oxygen atoms in total. The molecule has 0 aliphatic carbocycles. The first-order valence-electron chi connectivity index (χ1n) is 9.99. The van der Waals surface area contributed by atoms with Gasteiger partial charge in [0.05, 0.1) is 6.61 Å². The predicted molar refractivity (Wildman–Crippen MR) is 119 cm³/mol. The van der Waals surface area contributed by atoms with Crippen molar-refractivity contribution >= 4 is 21.8 Å². The minimum absolute atomic E-state index is 0.0349. The zero-order chi connectivity index (χ0) is 21.3. The van der Waals surface area contributed by atoms with E-state index in [9.17, 15) is 4.79 Å². The molecule has 0 radical (unpaired) electrons. The topological polar surface area (TPSA) is 68.5 Å². The van der Waals surface area contributed by atoms with E-state index in [0.717, 1.165) is 15.6 Å². The number of carbonyl (C=O) groups excluding carboxylic acids is 1. The lowest BCUT2D eigenvalue weighted by Gasteiger charge is -2.24. The first-order chi connectivity index (χ1) is 14.5. The zero-order valence-corrected chi connectivity index (χ0v) is 18.8. The van der Waals surface area contributed by atoms with Crippen LogP contribution >= 0.6 is 15.9 Å². The van der Waals surface area contributed by atoms with Gasteiger partial charge < -0.3 is 14.2 Å². The quantitative estimate of drug-likeness (QED) is 0.426. The molecule has 158 valence electrons. The molecular weight excluding hydrogens is 446 g/mol. The molecule has 0 fully saturated rings. The highest BCUT2D eigenvalue weighted by Gasteiger charge is 2.17. The second-order valence-corrected chi connectivity index (χ2v) is 8.40. The van der Waals surface area contributed by atoms with Crippen LogP contribution in [-0.4, -0.2) is 40.6 Å². The lowest BCUT2D eigenvalue weighted by molar-refractivity contribution is -0.137. The van der Waals surface area contributed by atoms with Crippen LogP contribution in [0.15, 0.2) is 63.6 Å². The fraction of sp³-hybridized carbons (Fsp3) is 0.348. The van der Waals surface area contributed by atoms with Gasteiger partial charge in [-0.1, -0.05) is 65.3 Å². The molecule has 0 saturated heterocycles. The summed E-state index contributed by atoms with van der Waals surface area (Å²) in [6, 6.07) is 17.6. The summed E-state index contributed by atoms with van der Waals surface area (Å²) in [4.78, 5) is 18.9. The first-order valence-corrected chi connectivity index (χ1v) is 10.8. The molecule has 3 rings (SSSR count). The SMILES string of the molecule is CC(C)CN(CCc1nc(-c2ccc(Br)cc2)no1)C(=O)COCc1ccccc1. The smallest absolute Gasteiger partial charge is 0.248 e. The maximum absolute atomic E-state index is 12.7. The molecule has 0 atom stereocenters. The summed E-state index contributed by atoms with van der Waals surface area (Å²) in [7, 11) is 0. The Morgan fingerprint density at radius 2 is 1.87 bits per heavy atom. The number of benzene rings is 2. The molecule has 1 amide bonds. The van der Waals surface area contributed by atoms with E-state index in [4.69, 9.17) is 9.26 Å². The monoisotopic (exact) mass is 471 g/mol. The molecule has 0 unspecified atom stereocenters. The molecule has 7 heteroatoms. The van der Waals surface area contributed by atoms with Crippen LogP contribution in [0.25, 0.3) is 11.4 Å². The average molecular weight is 472 g/mol. The van der Waals surface area contributed by atoms with Gasteiger partial charge >= 0.3 is 0 Å². The molecule has 0 saturated carbocycles. The summed E-state index contributed by atoms with van der Waals surface area (Å²) in [5.41, 5.74) is 1.93. The van der Waals surface area contributed by atoms with Crippen LogP contribution in [0.1, 0.15) is 25.3 Å². The van der Waals surface area contributed by atoms with Gasteiger partial charge in [0, 0.05) is 29.5 Å². The van der Waals surface area contributed by atoms with Crippen molar-refractivity contribution in [2.75, 3.05) is 19.7 Å². The number of aromatic nitrogens is 2. The van der Waals surface area contributed by atoms with Crippen LogP contribution in [-0.2, 0) is 22.6 Å². The van der Waals surface area contributed by atoms with Crippen molar-refractivity contribution in [1.82, 2.24) is 15.0 Å². The summed E-state index contributed by atoms with van der Waals surface area (Å²) >= 11 is 3.42. The van der Waals surface area contributed by atoms with E-state index >= 15 is 0 Å². The van der Waals surface area contributed by atoms with Crippen molar-refractivity contribution < 1.29 is 14.1 Å². The van der Waals surface area contributed by atoms with Crippen molar-refractivity contribution in [3.63, 3.8) is 0 Å². The highest BCUT2D eigenvalue weighted by atomic mass is 79.9. The van der Waals surface area contributed by atoms with Gasteiger partial charge in [-0.15, -0.1) is 0 Å². The van der Waals surface area contributed by atoms with Crippen LogP contribution < -0.4 is 0 Å². The fourth-order valence-electron chi connectivity index (χ4n) is 2.98. The Labute approximate surface area is 185 Å². The van der Waals surface area contributed by atoms with Gasteiger partial charge in [0.2, 0.25) is 17.6 Å². The number of ether oxygens (including phenoxy) is 1. The highest BCUT2D eigenvalue weighted by molar-refractivity contribution is 9.10. The Balaban J connectivity index is 1.54. The summed E-state index contributed by atoms with van der Waals surface area (Å²) in [6.07, 6.45) is 0.501. The number of nitrogens with zero attached hydrogens (tertiary/aromatic N) is 3. The van der Waals surface area contributed by atoms with Crippen molar-refractivity contribution in [3.8, 4) is 11.4 Å². The third kappa shape index (κ3) is 6.78. The molecule has 0 aliphatic heterocycles. The van der Waals surface area contributed by atoms with E-state index in [-0.39, 0.29) is 12.5 Å². The van der Waals surface area contributed by atoms with Crippen molar-refractivity contribution in [3.05, 3.63) is 70.5 Å². The first kappa shape index (κ1) is 22.2. The van der Waals surface area contributed by atoms with Gasteiger partial charge in [-0.3, -0.25) is 4.79 Å². The van der Waals surface area contributed by atoms with Gasteiger partial charge in [0.15, 0.2) is 0 Å². The normalized spacial score (nSPS) is 11.1. The Bertz CT molecular complexity index is 926. The number of rotatable bonds is 10. The number of halogens is 1. The van der Waals surface area contributed by atoms with Gasteiger partial charge in [-0.2, -0.15) is 4.98 Å². The minimum Gasteiger partial charge on any atom is -0.367 e. The fourth-order valence-corrected chi connectivity index (χ4v) is 3.25. The molecule has 0 spiro atoms. The second kappa shape index (κ2) is 11.0. The third-order valence-corrected chi connectivity index (χ3v) is 4.97. The van der Waals surface area contributed by atoms with Crippen LogP contribution in [0.3, 0.4) is 0 Å². The molecule has 0 bridgehead atoms. The van der Waals surface area contributed by atoms with E-state index in [1.807, 2.05) is 54.6 Å². The molecular formula is C23H26BrN3O3. The molecule has 1 aromatic heterocycles. The van der Waals surface area contributed by atoms with E-state index in [1.54, 1.807) is 4.90 Å². The average Bonchev–Trinajstić information content (AvgIpc) is 3.21. The van der Waals surface area contributed by atoms with Crippen molar-refractivity contribution in [2.45, 2.75) is 26.9 Å². The van der Waals surface area contributed by atoms with Gasteiger partial charge in [-0.25, -0.2) is 0 Å². The summed E-state index contributed by atoms with van der Waals surface area (Å²) in [5, 5.41) is 4.05. The molecule has 2 aromatic carbocycles. The lowest BCUT2D eigenvalue weighted by Crippen LogP contribution is -2.38. The summed E-state index contributed by atoms with van der Waals surface area (Å²) in [6.45, 7) is 5.81. The summed E-state index contributed by atoms with van der Waals surface area (Å²) in [5.74, 6) is 1.38. The van der Waals surface area contributed by atoms with E-state index in [2.05, 4.69) is 39.9 Å². The number of hydrogen-bond donors (Lipinski definition) is 0. The Hall–Kier alpha value is -2.51. The second-order valence-electron chi connectivity index (χ2n) is 7.48. The maximum atomic E-state index is 12.7. The van der Waals surface area contributed by atoms with Crippen LogP contribution in [0.5, 0.6) is 0 Å². The summed E-state index contributed by atoms with van der Waals surface area (Å²) < 4.78 is 12.0. The number of hydrogen-bond acceptors (Lipinski definition) is 5. The third-order valence-electron chi connectivity index (χ3n) is 4.44. The van der Waals surface area contributed by atoms with E-state index < -0.39 is 0 Å². The van der Waals surface area contributed by atoms with E-state index in [1.165, 1.54) is 0 Å². The molecule has 3 aromatic rings. The lowest BCUT2D eigenvalue weighted by atomic mass is 10.2. The Kier molecular flexibility index (Phi) is 8.16. The predicted octanol–water partition coefficient (Wildman–Crippen LogP) is 4.74. The highest BCUT2D eigenvalue weighted by Crippen LogP contribution is 2.19. The van der Waals surface area contributed by atoms with Gasteiger partial charge in [0.1, 0.15) is 6.61 Å². The molecule has 30 heavy (non-hydrogen) atoms. The van der Waals surface area contributed by atoms with Crippen molar-refractivity contribution in [1.29, 1.82) is 0 Å². The Morgan fingerprint density at radius 1 is 1.13 bits per heavy atom. The maximum Gasteiger partial charge on any atom is 0.248 e. The van der Waals surface area contributed by atoms with Crippen LogP contribution in [0.4, 0.5) is 0 Å². The molecule has 0 N–H and O–H groups in total. The molecule has 1 heterocycles. The van der Waals surface area contributed by atoms with Gasteiger partial charge in [-0.05, 0) is 35.7 Å². The Morgan fingerprint density at radius 3 is 2.57 bits per heavy atom. The number of amides is 1. The van der Waals surface area contributed by atoms with E-state index in [0.29, 0.717) is 43.8 Å². The van der Waals surface area contributed by atoms with Crippen LogP contribution in [0, 0.1) is 5.92 Å². The van der Waals surface area contributed by atoms with Gasteiger partial charge in [0.25, 0.3) is 0 Å². The minimum atomic E-state index is -0.0349.